The summed E-state index contributed by atoms with van der Waals surface area (Å²) in [6, 6.07) is 0. The van der Waals surface area contributed by atoms with Gasteiger partial charge in [0.05, 0.1) is 0 Å². The molecule has 0 aliphatic carbocycles. The summed E-state index contributed by atoms with van der Waals surface area (Å²) in [7, 11) is 4.61. The second-order valence-electron chi connectivity index (χ2n) is 5.38. The topological polar surface area (TPSA) is 105 Å². The van der Waals surface area contributed by atoms with Crippen molar-refractivity contribution in [2.75, 3.05) is 28.4 Å². The summed E-state index contributed by atoms with van der Waals surface area (Å²) in [5, 5.41) is 0. The van der Waals surface area contributed by atoms with E-state index in [2.05, 4.69) is 0 Å². The van der Waals surface area contributed by atoms with Gasteiger partial charge in [-0.3, -0.25) is 0 Å². The van der Waals surface area contributed by atoms with Crippen LogP contribution in [0.15, 0.2) is 19.3 Å². The molecule has 2 atom stereocenters. The molecule has 0 radical (unpaired) electrons. The third kappa shape index (κ3) is 2.03. The van der Waals surface area contributed by atoms with Gasteiger partial charge in [0.15, 0.2) is 0 Å². The van der Waals surface area contributed by atoms with E-state index in [1.807, 2.05) is 8.16 Å². The van der Waals surface area contributed by atoms with Crippen LogP contribution < -0.4 is 0 Å². The molecule has 0 saturated heterocycles. The minimum atomic E-state index is -1.66. The van der Waals surface area contributed by atoms with Crippen LogP contribution in [0.3, 0.4) is 0 Å². The molecule has 3 heterocycles. The molecular formula is C16H14O8STe. The molecule has 2 aliphatic rings. The molecule has 138 valence electrons. The first kappa shape index (κ1) is 19.0. The monoisotopic (exact) mass is 496 g/mol. The Morgan fingerprint density at radius 3 is 1.46 bits per heavy atom. The molecule has 0 N–H and O–H groups in total. The average molecular weight is 494 g/mol. The first-order valence-electron chi connectivity index (χ1n) is 7.22. The van der Waals surface area contributed by atoms with Crippen LogP contribution in [0, 0.1) is 0 Å². The Labute approximate surface area is 162 Å². The van der Waals surface area contributed by atoms with Gasteiger partial charge in [-0.05, 0) is 0 Å². The second-order valence-corrected chi connectivity index (χ2v) is 8.93. The molecule has 0 saturated carbocycles. The summed E-state index contributed by atoms with van der Waals surface area (Å²) < 4.78 is 19.9. The summed E-state index contributed by atoms with van der Waals surface area (Å²) in [6.45, 7) is 0. The van der Waals surface area contributed by atoms with Crippen molar-refractivity contribution in [3.05, 3.63) is 30.4 Å². The molecule has 1 aromatic rings. The molecule has 26 heavy (non-hydrogen) atoms. The number of fused-ring (bicyclic) bond motifs is 5. The Morgan fingerprint density at radius 2 is 1.15 bits per heavy atom. The first-order valence-corrected chi connectivity index (χ1v) is 10.7. The van der Waals surface area contributed by atoms with Crippen molar-refractivity contribution in [3.8, 4) is 0 Å². The van der Waals surface area contributed by atoms with Crippen molar-refractivity contribution in [3.63, 3.8) is 0 Å². The number of hydrogen-bond acceptors (Lipinski definition) is 9. The van der Waals surface area contributed by atoms with Crippen molar-refractivity contribution in [2.24, 2.45) is 0 Å². The molecule has 2 bridgehead atoms. The van der Waals surface area contributed by atoms with Crippen LogP contribution in [0.4, 0.5) is 0 Å². The molecule has 0 aromatic carbocycles. The van der Waals surface area contributed by atoms with E-state index in [-0.39, 0.29) is 11.1 Å². The summed E-state index contributed by atoms with van der Waals surface area (Å²) in [4.78, 5) is 50.9. The number of rotatable bonds is 4. The van der Waals surface area contributed by atoms with Crippen molar-refractivity contribution in [1.82, 2.24) is 0 Å². The van der Waals surface area contributed by atoms with Crippen LogP contribution in [0.25, 0.3) is 0 Å². The number of ether oxygens (including phenoxy) is 4. The van der Waals surface area contributed by atoms with Gasteiger partial charge in [0.2, 0.25) is 0 Å². The van der Waals surface area contributed by atoms with E-state index in [9.17, 15) is 19.2 Å². The standard InChI is InChI=1S/C16H14O8STe/c1-21-11(17)9-10(12(18)22-2)16(14(20)24-4)8-6-26-5-7(8)15(9,25-16)13(19)23-3/h5-6H,1-4H3. The van der Waals surface area contributed by atoms with Crippen molar-refractivity contribution in [2.45, 2.75) is 9.49 Å². The van der Waals surface area contributed by atoms with Crippen molar-refractivity contribution in [1.29, 1.82) is 0 Å². The Kier molecular flexibility index (Phi) is 4.71. The van der Waals surface area contributed by atoms with E-state index in [1.54, 1.807) is 0 Å². The summed E-state index contributed by atoms with van der Waals surface area (Å²) in [5.74, 6) is -3.33. The van der Waals surface area contributed by atoms with Gasteiger partial charge in [-0.25, -0.2) is 0 Å². The number of esters is 4. The van der Waals surface area contributed by atoms with Gasteiger partial charge < -0.3 is 0 Å². The van der Waals surface area contributed by atoms with Gasteiger partial charge in [0.1, 0.15) is 0 Å². The van der Waals surface area contributed by atoms with Gasteiger partial charge in [0.25, 0.3) is 0 Å². The van der Waals surface area contributed by atoms with E-state index in [4.69, 9.17) is 18.9 Å². The fourth-order valence-electron chi connectivity index (χ4n) is 3.40. The Hall–Kier alpha value is -1.76. The SMILES string of the molecule is COC(=O)C1=C(C(=O)OC)C2(C(=O)OC)SC1(C(=O)OC)c1c[te]cc12. The predicted molar refractivity (Wildman–Crippen MR) is 89.4 cm³/mol. The second kappa shape index (κ2) is 6.44. The normalized spacial score (nSPS) is 25.5. The van der Waals surface area contributed by atoms with E-state index < -0.39 is 53.8 Å². The van der Waals surface area contributed by atoms with Crippen LogP contribution in [0.2, 0.25) is 0 Å². The number of hydrogen-bond donors (Lipinski definition) is 0. The average Bonchev–Trinajstić information content (AvgIpc) is 3.33. The maximum absolute atomic E-state index is 12.8. The molecular weight excluding hydrogens is 480 g/mol. The number of thioether (sulfide) groups is 1. The maximum atomic E-state index is 12.8. The van der Waals surface area contributed by atoms with E-state index >= 15 is 0 Å². The zero-order valence-electron chi connectivity index (χ0n) is 14.2. The van der Waals surface area contributed by atoms with Gasteiger partial charge in [-0.1, -0.05) is 0 Å². The summed E-state index contributed by atoms with van der Waals surface area (Å²) in [5.41, 5.74) is 0.504. The predicted octanol–water partition coefficient (Wildman–Crippen LogP) is -0.117. The molecule has 2 aliphatic heterocycles. The van der Waals surface area contributed by atoms with Crippen LogP contribution in [0.1, 0.15) is 11.1 Å². The molecule has 1 aromatic heterocycles. The molecule has 3 rings (SSSR count). The first-order chi connectivity index (χ1) is 12.4. The molecule has 10 heteroatoms. The molecule has 0 fully saturated rings. The fraction of sp³-hybridized carbons (Fsp3) is 0.375. The van der Waals surface area contributed by atoms with Crippen LogP contribution in [0.5, 0.6) is 0 Å². The summed E-state index contributed by atoms with van der Waals surface area (Å²) in [6.07, 6.45) is 0. The van der Waals surface area contributed by atoms with Gasteiger partial charge in [-0.15, -0.1) is 0 Å². The van der Waals surface area contributed by atoms with Crippen LogP contribution in [-0.4, -0.2) is 72.7 Å². The molecule has 0 spiro atoms. The van der Waals surface area contributed by atoms with E-state index in [1.165, 1.54) is 14.2 Å². The molecule has 0 amide bonds. The Balaban J connectivity index is 2.48. The Morgan fingerprint density at radius 1 is 0.769 bits per heavy atom. The van der Waals surface area contributed by atoms with Crippen molar-refractivity contribution >= 4 is 56.1 Å². The van der Waals surface area contributed by atoms with Crippen LogP contribution >= 0.6 is 11.8 Å². The van der Waals surface area contributed by atoms with Crippen LogP contribution in [-0.2, 0) is 47.6 Å². The third-order valence-electron chi connectivity index (χ3n) is 4.41. The number of carbonyl (C=O) groups is 4. The zero-order chi connectivity index (χ0) is 19.3. The van der Waals surface area contributed by atoms with Gasteiger partial charge in [-0.2, -0.15) is 0 Å². The van der Waals surface area contributed by atoms with Gasteiger partial charge >= 0.3 is 163 Å². The Bertz CT molecular complexity index is 805. The third-order valence-corrected chi connectivity index (χ3v) is 8.32. The van der Waals surface area contributed by atoms with Gasteiger partial charge in [0, 0.05) is 0 Å². The minimum absolute atomic E-state index is 0.244. The zero-order valence-corrected chi connectivity index (χ0v) is 17.4. The van der Waals surface area contributed by atoms with Crippen molar-refractivity contribution < 1.29 is 38.1 Å². The van der Waals surface area contributed by atoms with E-state index in [0.717, 1.165) is 26.0 Å². The number of methoxy groups -OCH3 is 4. The van der Waals surface area contributed by atoms with E-state index in [0.29, 0.717) is 11.1 Å². The number of carbonyl (C=O) groups excluding carboxylic acids is 4. The molecule has 8 nitrogen and oxygen atoms in total. The fourth-order valence-corrected chi connectivity index (χ4v) is 8.49. The molecule has 2 unspecified atom stereocenters. The summed E-state index contributed by atoms with van der Waals surface area (Å²) >= 11 is 0.0518. The quantitative estimate of drug-likeness (QED) is 0.322.